The molecule has 1 atom stereocenters. The van der Waals surface area contributed by atoms with Crippen molar-refractivity contribution in [1.82, 2.24) is 4.90 Å². The van der Waals surface area contributed by atoms with Crippen LogP contribution in [-0.2, 0) is 0 Å². The highest BCUT2D eigenvalue weighted by Crippen LogP contribution is 2.29. The van der Waals surface area contributed by atoms with E-state index in [1.165, 1.54) is 0 Å². The summed E-state index contributed by atoms with van der Waals surface area (Å²) >= 11 is 0. The van der Waals surface area contributed by atoms with Gasteiger partial charge in [0.25, 0.3) is 11.8 Å². The van der Waals surface area contributed by atoms with Gasteiger partial charge in [-0.2, -0.15) is 0 Å². The maximum Gasteiger partial charge on any atom is 0.255 e. The Hall–Kier alpha value is -2.86. The lowest BCUT2D eigenvalue weighted by Gasteiger charge is -2.42. The largest absolute Gasteiger partial charge is 0.497 e. The molecule has 1 aliphatic heterocycles. The number of hydrogen-bond donors (Lipinski definition) is 2. The normalized spacial score (nSPS) is 18.4. The van der Waals surface area contributed by atoms with Gasteiger partial charge in [-0.25, -0.2) is 0 Å². The first-order valence-corrected chi connectivity index (χ1v) is 9.41. The number of likely N-dealkylation sites (tertiary alicyclic amines) is 1. The van der Waals surface area contributed by atoms with Crippen molar-refractivity contribution in [2.24, 2.45) is 11.1 Å². The molecule has 1 aliphatic rings. The van der Waals surface area contributed by atoms with Crippen LogP contribution in [0, 0.1) is 5.41 Å². The SMILES string of the molecule is COc1ccc(C(=O)Nc2ccccc2C(=O)N2CCC(N)C(C)(C)C2)cc1. The number of carbonyl (C=O) groups is 2. The third-order valence-electron chi connectivity index (χ3n) is 5.36. The van der Waals surface area contributed by atoms with Gasteiger partial charge in [0.15, 0.2) is 0 Å². The van der Waals surface area contributed by atoms with Crippen LogP contribution in [0.1, 0.15) is 41.0 Å². The summed E-state index contributed by atoms with van der Waals surface area (Å²) in [4.78, 5) is 27.6. The minimum Gasteiger partial charge on any atom is -0.497 e. The summed E-state index contributed by atoms with van der Waals surface area (Å²) in [6, 6.07) is 14.0. The van der Waals surface area contributed by atoms with Crippen molar-refractivity contribution >= 4 is 17.5 Å². The van der Waals surface area contributed by atoms with Crippen LogP contribution in [0.15, 0.2) is 48.5 Å². The van der Waals surface area contributed by atoms with Gasteiger partial charge in [-0.05, 0) is 48.2 Å². The van der Waals surface area contributed by atoms with Crippen molar-refractivity contribution in [1.29, 1.82) is 0 Å². The fourth-order valence-corrected chi connectivity index (χ4v) is 3.43. The molecule has 3 rings (SSSR count). The first-order valence-electron chi connectivity index (χ1n) is 9.41. The number of nitrogens with one attached hydrogen (secondary N) is 1. The molecule has 3 N–H and O–H groups in total. The van der Waals surface area contributed by atoms with Gasteiger partial charge in [-0.3, -0.25) is 9.59 Å². The monoisotopic (exact) mass is 381 g/mol. The summed E-state index contributed by atoms with van der Waals surface area (Å²) < 4.78 is 5.12. The van der Waals surface area contributed by atoms with Crippen molar-refractivity contribution < 1.29 is 14.3 Å². The molecule has 1 heterocycles. The fourth-order valence-electron chi connectivity index (χ4n) is 3.43. The molecular formula is C22H27N3O3. The fraction of sp³-hybridized carbons (Fsp3) is 0.364. The van der Waals surface area contributed by atoms with Crippen molar-refractivity contribution in [2.75, 3.05) is 25.5 Å². The summed E-state index contributed by atoms with van der Waals surface area (Å²) in [7, 11) is 1.58. The number of hydrogen-bond acceptors (Lipinski definition) is 4. The van der Waals surface area contributed by atoms with Gasteiger partial charge >= 0.3 is 0 Å². The third kappa shape index (κ3) is 4.17. The number of rotatable bonds is 4. The average molecular weight is 381 g/mol. The van der Waals surface area contributed by atoms with Crippen LogP contribution in [0.5, 0.6) is 5.75 Å². The quantitative estimate of drug-likeness (QED) is 0.852. The average Bonchev–Trinajstić information content (AvgIpc) is 2.70. The van der Waals surface area contributed by atoms with Crippen LogP contribution in [0.2, 0.25) is 0 Å². The van der Waals surface area contributed by atoms with Gasteiger partial charge < -0.3 is 20.7 Å². The minimum absolute atomic E-state index is 0.0709. The molecule has 1 unspecified atom stereocenters. The predicted molar refractivity (Wildman–Crippen MR) is 110 cm³/mol. The highest BCUT2D eigenvalue weighted by atomic mass is 16.5. The second-order valence-corrected chi connectivity index (χ2v) is 7.84. The number of amides is 2. The van der Waals surface area contributed by atoms with E-state index in [1.54, 1.807) is 55.6 Å². The second-order valence-electron chi connectivity index (χ2n) is 7.84. The van der Waals surface area contributed by atoms with Crippen molar-refractivity contribution in [3.05, 3.63) is 59.7 Å². The lowest BCUT2D eigenvalue weighted by atomic mass is 9.79. The van der Waals surface area contributed by atoms with E-state index in [-0.39, 0.29) is 23.3 Å². The molecule has 0 bridgehead atoms. The summed E-state index contributed by atoms with van der Waals surface area (Å²) in [5.74, 6) is 0.313. The molecule has 1 saturated heterocycles. The van der Waals surface area contributed by atoms with Crippen LogP contribution in [0.4, 0.5) is 5.69 Å². The molecule has 148 valence electrons. The van der Waals surface area contributed by atoms with Gasteiger partial charge in [0.2, 0.25) is 0 Å². The summed E-state index contributed by atoms with van der Waals surface area (Å²) in [5, 5.41) is 2.86. The molecule has 0 aliphatic carbocycles. The number of methoxy groups -OCH3 is 1. The molecule has 6 nitrogen and oxygen atoms in total. The van der Waals surface area contributed by atoms with E-state index >= 15 is 0 Å². The lowest BCUT2D eigenvalue weighted by molar-refractivity contribution is 0.0534. The van der Waals surface area contributed by atoms with Crippen LogP contribution in [-0.4, -0.2) is 43.0 Å². The van der Waals surface area contributed by atoms with E-state index in [9.17, 15) is 9.59 Å². The van der Waals surface area contributed by atoms with E-state index in [4.69, 9.17) is 10.5 Å². The number of nitrogens with zero attached hydrogens (tertiary/aromatic N) is 1. The van der Waals surface area contributed by atoms with E-state index in [2.05, 4.69) is 19.2 Å². The van der Waals surface area contributed by atoms with Gasteiger partial charge in [0.1, 0.15) is 5.75 Å². The smallest absolute Gasteiger partial charge is 0.255 e. The van der Waals surface area contributed by atoms with Gasteiger partial charge in [0.05, 0.1) is 18.4 Å². The van der Waals surface area contributed by atoms with Crippen LogP contribution < -0.4 is 15.8 Å². The molecule has 2 aromatic rings. The molecule has 0 spiro atoms. The minimum atomic E-state index is -0.274. The molecular weight excluding hydrogens is 354 g/mol. The molecule has 2 amide bonds. The Balaban J connectivity index is 1.79. The zero-order valence-electron chi connectivity index (χ0n) is 16.6. The first-order chi connectivity index (χ1) is 13.3. The summed E-state index contributed by atoms with van der Waals surface area (Å²) in [6.45, 7) is 5.36. The van der Waals surface area contributed by atoms with E-state index in [0.717, 1.165) is 6.42 Å². The number of nitrogens with two attached hydrogens (primary N) is 1. The summed E-state index contributed by atoms with van der Waals surface area (Å²) in [5.41, 5.74) is 7.52. The van der Waals surface area contributed by atoms with Gasteiger partial charge in [0, 0.05) is 24.7 Å². The summed E-state index contributed by atoms with van der Waals surface area (Å²) in [6.07, 6.45) is 0.763. The first kappa shape index (κ1) is 19.9. The zero-order valence-corrected chi connectivity index (χ0v) is 16.6. The molecule has 0 saturated carbocycles. The molecule has 0 aromatic heterocycles. The number of carbonyl (C=O) groups excluding carboxylic acids is 2. The number of ether oxygens (including phenoxy) is 1. The number of anilines is 1. The van der Waals surface area contributed by atoms with Gasteiger partial charge in [-0.1, -0.05) is 26.0 Å². The van der Waals surface area contributed by atoms with Crippen LogP contribution >= 0.6 is 0 Å². The number of benzene rings is 2. The molecule has 2 aromatic carbocycles. The maximum absolute atomic E-state index is 13.1. The topological polar surface area (TPSA) is 84.7 Å². The van der Waals surface area contributed by atoms with Crippen LogP contribution in [0.3, 0.4) is 0 Å². The lowest BCUT2D eigenvalue weighted by Crippen LogP contribution is -2.54. The zero-order chi connectivity index (χ0) is 20.3. The van der Waals surface area contributed by atoms with Gasteiger partial charge in [-0.15, -0.1) is 0 Å². The highest BCUT2D eigenvalue weighted by molar-refractivity contribution is 6.09. The molecule has 6 heteroatoms. The van der Waals surface area contributed by atoms with Crippen molar-refractivity contribution in [2.45, 2.75) is 26.3 Å². The second kappa shape index (κ2) is 8.02. The van der Waals surface area contributed by atoms with E-state index in [0.29, 0.717) is 35.7 Å². The Labute approximate surface area is 165 Å². The predicted octanol–water partition coefficient (Wildman–Crippen LogP) is 3.15. The molecule has 1 fully saturated rings. The number of para-hydroxylation sites is 1. The maximum atomic E-state index is 13.1. The molecule has 28 heavy (non-hydrogen) atoms. The Bertz CT molecular complexity index is 862. The Morgan fingerprint density at radius 1 is 1.14 bits per heavy atom. The standard InChI is InChI=1S/C22H27N3O3/c1-22(2)14-25(13-12-19(22)23)21(27)17-6-4-5-7-18(17)24-20(26)15-8-10-16(28-3)11-9-15/h4-11,19H,12-14,23H2,1-3H3,(H,24,26). The van der Waals surface area contributed by atoms with Crippen molar-refractivity contribution in [3.8, 4) is 5.75 Å². The Morgan fingerprint density at radius 2 is 1.82 bits per heavy atom. The van der Waals surface area contributed by atoms with E-state index in [1.807, 2.05) is 4.90 Å². The Morgan fingerprint density at radius 3 is 2.46 bits per heavy atom. The highest BCUT2D eigenvalue weighted by Gasteiger charge is 2.36. The molecule has 0 radical (unpaired) electrons. The van der Waals surface area contributed by atoms with Crippen LogP contribution in [0.25, 0.3) is 0 Å². The number of piperidine rings is 1. The third-order valence-corrected chi connectivity index (χ3v) is 5.36. The van der Waals surface area contributed by atoms with Crippen molar-refractivity contribution in [3.63, 3.8) is 0 Å². The Kier molecular flexibility index (Phi) is 5.70. The van der Waals surface area contributed by atoms with E-state index < -0.39 is 0 Å².